The number of hydrogen-bond donors (Lipinski definition) is 3. The molecule has 114 valence electrons. The first-order chi connectivity index (χ1) is 9.99. The molecule has 0 aliphatic rings. The quantitative estimate of drug-likeness (QED) is 0.599. The van der Waals surface area contributed by atoms with Gasteiger partial charge in [0.15, 0.2) is 0 Å². The zero-order valence-electron chi connectivity index (χ0n) is 11.3. The van der Waals surface area contributed by atoms with Crippen molar-refractivity contribution in [2.24, 2.45) is 0 Å². The van der Waals surface area contributed by atoms with E-state index in [1.165, 1.54) is 11.8 Å². The summed E-state index contributed by atoms with van der Waals surface area (Å²) in [4.78, 5) is 34.1. The van der Waals surface area contributed by atoms with Gasteiger partial charge < -0.3 is 15.5 Å². The lowest BCUT2D eigenvalue weighted by atomic mass is 10.1. The zero-order chi connectivity index (χ0) is 15.7. The second kappa shape index (κ2) is 9.02. The standard InChI is InChI=1S/C14H17NO5S/c16-12(8-9-21-10-4-2-1-3-5-10)15-11(14(19)20)6-7-13(17)18/h1-5,11H,6-9H2,(H,15,16)(H,17,18)(H,19,20). The number of hydrogen-bond acceptors (Lipinski definition) is 4. The van der Waals surface area contributed by atoms with Gasteiger partial charge in [0.1, 0.15) is 6.04 Å². The second-order valence-electron chi connectivity index (χ2n) is 4.30. The van der Waals surface area contributed by atoms with Crippen molar-refractivity contribution in [2.45, 2.75) is 30.2 Å². The Morgan fingerprint density at radius 1 is 1.10 bits per heavy atom. The highest BCUT2D eigenvalue weighted by Gasteiger charge is 2.20. The average Bonchev–Trinajstić information content (AvgIpc) is 2.44. The number of amides is 1. The minimum absolute atomic E-state index is 0.123. The number of thioether (sulfide) groups is 1. The van der Waals surface area contributed by atoms with Gasteiger partial charge in [0.2, 0.25) is 5.91 Å². The van der Waals surface area contributed by atoms with Gasteiger partial charge in [-0.15, -0.1) is 11.8 Å². The van der Waals surface area contributed by atoms with E-state index in [2.05, 4.69) is 5.32 Å². The molecule has 1 amide bonds. The third kappa shape index (κ3) is 7.36. The van der Waals surface area contributed by atoms with Gasteiger partial charge in [0.05, 0.1) is 0 Å². The maximum Gasteiger partial charge on any atom is 0.326 e. The molecule has 1 atom stereocenters. The van der Waals surface area contributed by atoms with Crippen molar-refractivity contribution in [3.8, 4) is 0 Å². The monoisotopic (exact) mass is 311 g/mol. The van der Waals surface area contributed by atoms with Crippen LogP contribution < -0.4 is 5.32 Å². The fourth-order valence-corrected chi connectivity index (χ4v) is 2.44. The molecular formula is C14H17NO5S. The Morgan fingerprint density at radius 3 is 2.33 bits per heavy atom. The summed E-state index contributed by atoms with van der Waals surface area (Å²) < 4.78 is 0. The third-order valence-electron chi connectivity index (χ3n) is 2.62. The predicted molar refractivity (Wildman–Crippen MR) is 78.2 cm³/mol. The SMILES string of the molecule is O=C(O)CCC(NC(=O)CCSc1ccccc1)C(=O)O. The number of carbonyl (C=O) groups excluding carboxylic acids is 1. The fourth-order valence-electron chi connectivity index (χ4n) is 1.57. The highest BCUT2D eigenvalue weighted by Crippen LogP contribution is 2.17. The van der Waals surface area contributed by atoms with E-state index in [1.54, 1.807) is 0 Å². The molecule has 6 nitrogen and oxygen atoms in total. The maximum absolute atomic E-state index is 11.7. The normalized spacial score (nSPS) is 11.6. The van der Waals surface area contributed by atoms with Crippen LogP contribution >= 0.6 is 11.8 Å². The molecule has 0 radical (unpaired) electrons. The van der Waals surface area contributed by atoms with Crippen molar-refractivity contribution in [2.75, 3.05) is 5.75 Å². The van der Waals surface area contributed by atoms with Crippen molar-refractivity contribution in [3.05, 3.63) is 30.3 Å². The Balaban J connectivity index is 2.33. The molecule has 1 unspecified atom stereocenters. The molecule has 7 heteroatoms. The van der Waals surface area contributed by atoms with Crippen molar-refractivity contribution >= 4 is 29.6 Å². The van der Waals surface area contributed by atoms with Gasteiger partial charge in [-0.3, -0.25) is 9.59 Å². The third-order valence-corrected chi connectivity index (χ3v) is 3.63. The molecule has 0 fully saturated rings. The highest BCUT2D eigenvalue weighted by molar-refractivity contribution is 7.99. The molecule has 0 saturated heterocycles. The summed E-state index contributed by atoms with van der Waals surface area (Å²) in [5, 5.41) is 19.8. The molecule has 1 aromatic rings. The first-order valence-electron chi connectivity index (χ1n) is 6.41. The molecule has 0 aliphatic heterocycles. The lowest BCUT2D eigenvalue weighted by Gasteiger charge is -2.13. The van der Waals surface area contributed by atoms with E-state index in [-0.39, 0.29) is 19.3 Å². The molecule has 0 aromatic heterocycles. The number of carboxylic acids is 2. The van der Waals surface area contributed by atoms with Crippen LogP contribution in [0.25, 0.3) is 0 Å². The lowest BCUT2D eigenvalue weighted by Crippen LogP contribution is -2.41. The van der Waals surface area contributed by atoms with Gasteiger partial charge >= 0.3 is 11.9 Å². The van der Waals surface area contributed by atoms with E-state index >= 15 is 0 Å². The van der Waals surface area contributed by atoms with Crippen molar-refractivity contribution in [3.63, 3.8) is 0 Å². The van der Waals surface area contributed by atoms with Crippen LogP contribution in [0.15, 0.2) is 35.2 Å². The summed E-state index contributed by atoms with van der Waals surface area (Å²) in [6, 6.07) is 8.39. The van der Waals surface area contributed by atoms with E-state index < -0.39 is 23.9 Å². The van der Waals surface area contributed by atoms with E-state index in [0.717, 1.165) is 4.90 Å². The van der Waals surface area contributed by atoms with Gasteiger partial charge in [-0.1, -0.05) is 18.2 Å². The van der Waals surface area contributed by atoms with Gasteiger partial charge in [0, 0.05) is 23.5 Å². The van der Waals surface area contributed by atoms with E-state index in [4.69, 9.17) is 10.2 Å². The average molecular weight is 311 g/mol. The molecule has 1 aromatic carbocycles. The minimum atomic E-state index is -1.22. The number of aliphatic carboxylic acids is 2. The van der Waals surface area contributed by atoms with E-state index in [9.17, 15) is 14.4 Å². The van der Waals surface area contributed by atoms with Crippen LogP contribution in [0.1, 0.15) is 19.3 Å². The minimum Gasteiger partial charge on any atom is -0.481 e. The lowest BCUT2D eigenvalue weighted by molar-refractivity contribution is -0.143. The summed E-state index contributed by atoms with van der Waals surface area (Å²) in [5.41, 5.74) is 0. The molecule has 0 spiro atoms. The van der Waals surface area contributed by atoms with Crippen LogP contribution in [0.4, 0.5) is 0 Å². The number of carbonyl (C=O) groups is 3. The summed E-state index contributed by atoms with van der Waals surface area (Å²) in [6.45, 7) is 0. The summed E-state index contributed by atoms with van der Waals surface area (Å²) >= 11 is 1.50. The Morgan fingerprint density at radius 2 is 1.76 bits per heavy atom. The smallest absolute Gasteiger partial charge is 0.326 e. The van der Waals surface area contributed by atoms with Gasteiger partial charge in [0.25, 0.3) is 0 Å². The molecule has 0 bridgehead atoms. The summed E-state index contributed by atoms with van der Waals surface area (Å²) in [6.07, 6.45) is -0.241. The Hall–Kier alpha value is -2.02. The first kappa shape index (κ1) is 17.0. The number of benzene rings is 1. The highest BCUT2D eigenvalue weighted by atomic mass is 32.2. The van der Waals surface area contributed by atoms with Gasteiger partial charge in [-0.05, 0) is 18.6 Å². The molecule has 0 heterocycles. The Kier molecular flexibility index (Phi) is 7.31. The number of carboxylic acid groups (broad SMARTS) is 2. The van der Waals surface area contributed by atoms with Crippen LogP contribution in [0.3, 0.4) is 0 Å². The van der Waals surface area contributed by atoms with Crippen LogP contribution in [-0.2, 0) is 14.4 Å². The predicted octanol–water partition coefficient (Wildman–Crippen LogP) is 1.60. The zero-order valence-corrected chi connectivity index (χ0v) is 12.1. The van der Waals surface area contributed by atoms with Crippen molar-refractivity contribution in [1.29, 1.82) is 0 Å². The van der Waals surface area contributed by atoms with Crippen LogP contribution in [-0.4, -0.2) is 39.9 Å². The van der Waals surface area contributed by atoms with E-state index in [0.29, 0.717) is 5.75 Å². The number of rotatable bonds is 9. The molecule has 1 rings (SSSR count). The van der Waals surface area contributed by atoms with E-state index in [1.807, 2.05) is 30.3 Å². The largest absolute Gasteiger partial charge is 0.481 e. The van der Waals surface area contributed by atoms with Gasteiger partial charge in [-0.25, -0.2) is 4.79 Å². The Bertz CT molecular complexity index is 491. The van der Waals surface area contributed by atoms with Crippen molar-refractivity contribution < 1.29 is 24.6 Å². The van der Waals surface area contributed by atoms with Crippen LogP contribution in [0.2, 0.25) is 0 Å². The van der Waals surface area contributed by atoms with Crippen LogP contribution in [0, 0.1) is 0 Å². The topological polar surface area (TPSA) is 104 Å². The first-order valence-corrected chi connectivity index (χ1v) is 7.39. The van der Waals surface area contributed by atoms with Crippen molar-refractivity contribution in [1.82, 2.24) is 5.32 Å². The molecule has 0 aliphatic carbocycles. The fraction of sp³-hybridized carbons (Fsp3) is 0.357. The second-order valence-corrected chi connectivity index (χ2v) is 5.47. The van der Waals surface area contributed by atoms with Gasteiger partial charge in [-0.2, -0.15) is 0 Å². The van der Waals surface area contributed by atoms with Crippen LogP contribution in [0.5, 0.6) is 0 Å². The molecule has 21 heavy (non-hydrogen) atoms. The maximum atomic E-state index is 11.7. The summed E-state index contributed by atoms with van der Waals surface area (Å²) in [7, 11) is 0. The summed E-state index contributed by atoms with van der Waals surface area (Å²) in [5.74, 6) is -2.17. The molecule has 0 saturated carbocycles. The molecular weight excluding hydrogens is 294 g/mol. The Labute approximate surface area is 126 Å². The number of nitrogens with one attached hydrogen (secondary N) is 1. The molecule has 3 N–H and O–H groups in total.